The van der Waals surface area contributed by atoms with Gasteiger partial charge < -0.3 is 10.1 Å². The molecule has 0 spiro atoms. The summed E-state index contributed by atoms with van der Waals surface area (Å²) in [4.78, 5) is 23.6. The Morgan fingerprint density at radius 2 is 1.65 bits per heavy atom. The molecule has 1 amide bonds. The van der Waals surface area contributed by atoms with Gasteiger partial charge in [0.25, 0.3) is 0 Å². The molecule has 0 radical (unpaired) electrons. The maximum absolute atomic E-state index is 12.1. The van der Waals surface area contributed by atoms with Crippen molar-refractivity contribution in [2.24, 2.45) is 0 Å². The molecule has 0 unspecified atom stereocenters. The molecule has 0 saturated carbocycles. The van der Waals surface area contributed by atoms with E-state index in [1.165, 1.54) is 0 Å². The predicted molar refractivity (Wildman–Crippen MR) is 91.2 cm³/mol. The molecule has 0 saturated heterocycles. The van der Waals surface area contributed by atoms with Crippen LogP contribution in [0.1, 0.15) is 22.8 Å². The standard InChI is InChI=1S/C17H15Cl2NO3/c1-2-23-17(22)11-6-8-12(9-7-11)20-16(21)10-13-14(18)4-3-5-15(13)19/h3-9H,2,10H2,1H3,(H,20,21). The highest BCUT2D eigenvalue weighted by molar-refractivity contribution is 6.36. The molecule has 0 aliphatic heterocycles. The zero-order valence-corrected chi connectivity index (χ0v) is 13.9. The molecule has 120 valence electrons. The molecule has 0 aliphatic rings. The van der Waals surface area contributed by atoms with Crippen LogP contribution in [-0.2, 0) is 16.0 Å². The Bertz CT molecular complexity index is 694. The third-order valence-corrected chi connectivity index (χ3v) is 3.79. The number of halogens is 2. The average molecular weight is 352 g/mol. The Morgan fingerprint density at radius 3 is 2.22 bits per heavy atom. The number of hydrogen-bond acceptors (Lipinski definition) is 3. The van der Waals surface area contributed by atoms with Crippen LogP contribution in [0.25, 0.3) is 0 Å². The Hall–Kier alpha value is -2.04. The Kier molecular flexibility index (Phi) is 6.02. The second-order valence-corrected chi connectivity index (χ2v) is 5.54. The summed E-state index contributed by atoms with van der Waals surface area (Å²) in [6.45, 7) is 2.06. The van der Waals surface area contributed by atoms with E-state index in [-0.39, 0.29) is 12.3 Å². The minimum Gasteiger partial charge on any atom is -0.462 e. The Balaban J connectivity index is 2.02. The van der Waals surface area contributed by atoms with Crippen molar-refractivity contribution < 1.29 is 14.3 Å². The molecule has 23 heavy (non-hydrogen) atoms. The quantitative estimate of drug-likeness (QED) is 0.814. The lowest BCUT2D eigenvalue weighted by Crippen LogP contribution is -2.15. The largest absolute Gasteiger partial charge is 0.462 e. The number of carbonyl (C=O) groups is 2. The van der Waals surface area contributed by atoms with Crippen LogP contribution >= 0.6 is 23.2 Å². The fraction of sp³-hybridized carbons (Fsp3) is 0.176. The second-order valence-electron chi connectivity index (χ2n) is 4.72. The highest BCUT2D eigenvalue weighted by Crippen LogP contribution is 2.25. The van der Waals surface area contributed by atoms with Crippen molar-refractivity contribution in [3.8, 4) is 0 Å². The summed E-state index contributed by atoms with van der Waals surface area (Å²) in [6, 6.07) is 11.6. The number of esters is 1. The van der Waals surface area contributed by atoms with E-state index in [1.807, 2.05) is 0 Å². The maximum atomic E-state index is 12.1. The normalized spacial score (nSPS) is 10.2. The van der Waals surface area contributed by atoms with Gasteiger partial charge in [-0.1, -0.05) is 29.3 Å². The number of carbonyl (C=O) groups excluding carboxylic acids is 2. The first kappa shape index (κ1) is 17.3. The minimum atomic E-state index is -0.395. The van der Waals surface area contributed by atoms with Crippen LogP contribution in [-0.4, -0.2) is 18.5 Å². The SMILES string of the molecule is CCOC(=O)c1ccc(NC(=O)Cc2c(Cl)cccc2Cl)cc1. The van der Waals surface area contributed by atoms with E-state index in [2.05, 4.69) is 5.32 Å². The lowest BCUT2D eigenvalue weighted by Gasteiger charge is -2.09. The van der Waals surface area contributed by atoms with Gasteiger partial charge in [-0.05, 0) is 48.9 Å². The molecule has 0 aliphatic carbocycles. The Labute approximate surface area is 144 Å². The van der Waals surface area contributed by atoms with E-state index >= 15 is 0 Å². The van der Waals surface area contributed by atoms with Crippen LogP contribution in [0.4, 0.5) is 5.69 Å². The lowest BCUT2D eigenvalue weighted by molar-refractivity contribution is -0.115. The first-order valence-electron chi connectivity index (χ1n) is 7.01. The van der Waals surface area contributed by atoms with Gasteiger partial charge in [-0.15, -0.1) is 0 Å². The third kappa shape index (κ3) is 4.71. The van der Waals surface area contributed by atoms with E-state index in [9.17, 15) is 9.59 Å². The van der Waals surface area contributed by atoms with Gasteiger partial charge in [0, 0.05) is 15.7 Å². The number of rotatable bonds is 5. The molecule has 1 N–H and O–H groups in total. The molecule has 2 aromatic carbocycles. The van der Waals surface area contributed by atoms with Crippen molar-refractivity contribution in [2.45, 2.75) is 13.3 Å². The summed E-state index contributed by atoms with van der Waals surface area (Å²) in [5, 5.41) is 3.63. The van der Waals surface area contributed by atoms with Gasteiger partial charge in [0.15, 0.2) is 0 Å². The summed E-state index contributed by atoms with van der Waals surface area (Å²) in [6.07, 6.45) is 0.0676. The van der Waals surface area contributed by atoms with Gasteiger partial charge in [-0.25, -0.2) is 4.79 Å². The minimum absolute atomic E-state index is 0.0676. The Morgan fingerprint density at radius 1 is 1.04 bits per heavy atom. The zero-order valence-electron chi connectivity index (χ0n) is 12.4. The van der Waals surface area contributed by atoms with E-state index in [0.29, 0.717) is 33.5 Å². The van der Waals surface area contributed by atoms with Crippen LogP contribution in [0.15, 0.2) is 42.5 Å². The highest BCUT2D eigenvalue weighted by atomic mass is 35.5. The predicted octanol–water partition coefficient (Wildman–Crippen LogP) is 4.35. The van der Waals surface area contributed by atoms with E-state index in [1.54, 1.807) is 49.4 Å². The van der Waals surface area contributed by atoms with Crippen LogP contribution < -0.4 is 5.32 Å². The number of nitrogens with one attached hydrogen (secondary N) is 1. The smallest absolute Gasteiger partial charge is 0.338 e. The lowest BCUT2D eigenvalue weighted by atomic mass is 10.1. The van der Waals surface area contributed by atoms with E-state index < -0.39 is 5.97 Å². The van der Waals surface area contributed by atoms with Gasteiger partial charge in [-0.2, -0.15) is 0 Å². The summed E-state index contributed by atoms with van der Waals surface area (Å²) >= 11 is 12.1. The molecule has 0 fully saturated rings. The van der Waals surface area contributed by atoms with Crippen LogP contribution in [0.3, 0.4) is 0 Å². The van der Waals surface area contributed by atoms with Crippen molar-refractivity contribution in [1.29, 1.82) is 0 Å². The first-order valence-corrected chi connectivity index (χ1v) is 7.76. The monoisotopic (exact) mass is 351 g/mol. The summed E-state index contributed by atoms with van der Waals surface area (Å²) in [5.74, 6) is -0.642. The molecular formula is C17H15Cl2NO3. The van der Waals surface area contributed by atoms with Crippen molar-refractivity contribution in [3.05, 3.63) is 63.6 Å². The number of hydrogen-bond donors (Lipinski definition) is 1. The van der Waals surface area contributed by atoms with E-state index in [0.717, 1.165) is 0 Å². The summed E-state index contributed by atoms with van der Waals surface area (Å²) in [7, 11) is 0. The molecule has 0 aromatic heterocycles. The van der Waals surface area contributed by atoms with Gasteiger partial charge in [0.2, 0.25) is 5.91 Å². The number of amides is 1. The fourth-order valence-electron chi connectivity index (χ4n) is 1.97. The van der Waals surface area contributed by atoms with Gasteiger partial charge >= 0.3 is 5.97 Å². The second kappa shape index (κ2) is 7.99. The molecule has 2 aromatic rings. The molecule has 0 heterocycles. The topological polar surface area (TPSA) is 55.4 Å². The molecule has 0 bridgehead atoms. The molecular weight excluding hydrogens is 337 g/mol. The average Bonchev–Trinajstić information content (AvgIpc) is 2.52. The summed E-state index contributed by atoms with van der Waals surface area (Å²) < 4.78 is 4.90. The van der Waals surface area contributed by atoms with Crippen molar-refractivity contribution in [1.82, 2.24) is 0 Å². The number of anilines is 1. The fourth-order valence-corrected chi connectivity index (χ4v) is 2.50. The van der Waals surface area contributed by atoms with Gasteiger partial charge in [-0.3, -0.25) is 4.79 Å². The van der Waals surface area contributed by atoms with Gasteiger partial charge in [0.1, 0.15) is 0 Å². The highest BCUT2D eigenvalue weighted by Gasteiger charge is 2.11. The molecule has 2 rings (SSSR count). The van der Waals surface area contributed by atoms with Gasteiger partial charge in [0.05, 0.1) is 18.6 Å². The zero-order chi connectivity index (χ0) is 16.8. The number of benzene rings is 2. The summed E-state index contributed by atoms with van der Waals surface area (Å²) in [5.41, 5.74) is 1.58. The number of ether oxygens (including phenoxy) is 1. The van der Waals surface area contributed by atoms with Crippen molar-refractivity contribution >= 4 is 40.8 Å². The van der Waals surface area contributed by atoms with Crippen molar-refractivity contribution in [3.63, 3.8) is 0 Å². The molecule has 6 heteroatoms. The third-order valence-electron chi connectivity index (χ3n) is 3.08. The van der Waals surface area contributed by atoms with Crippen LogP contribution in [0.2, 0.25) is 10.0 Å². The van der Waals surface area contributed by atoms with Crippen molar-refractivity contribution in [2.75, 3.05) is 11.9 Å². The van der Waals surface area contributed by atoms with Crippen LogP contribution in [0.5, 0.6) is 0 Å². The molecule has 4 nitrogen and oxygen atoms in total. The van der Waals surface area contributed by atoms with E-state index in [4.69, 9.17) is 27.9 Å². The first-order chi connectivity index (χ1) is 11.0. The molecule has 0 atom stereocenters. The maximum Gasteiger partial charge on any atom is 0.338 e. The van der Waals surface area contributed by atoms with Crippen LogP contribution in [0, 0.1) is 0 Å².